The fourth-order valence-electron chi connectivity index (χ4n) is 5.76. The molecule has 6 nitrogen and oxygen atoms in total. The molecule has 1 N–H and O–H groups in total. The average molecular weight is 586 g/mol. The van der Waals surface area contributed by atoms with E-state index in [4.69, 9.17) is 0 Å². The van der Waals surface area contributed by atoms with Crippen molar-refractivity contribution in [2.45, 2.75) is 19.3 Å². The topological polar surface area (TPSA) is 50.0 Å². The van der Waals surface area contributed by atoms with Gasteiger partial charge in [-0.25, -0.2) is 4.79 Å². The molecule has 0 aromatic heterocycles. The highest BCUT2D eigenvalue weighted by atomic mass is 16.4. The van der Waals surface area contributed by atoms with Crippen LogP contribution < -0.4 is 14.7 Å². The number of carboxylic acid groups (broad SMARTS) is 1. The van der Waals surface area contributed by atoms with Crippen molar-refractivity contribution >= 4 is 51.9 Å². The van der Waals surface area contributed by atoms with Crippen LogP contribution in [0.2, 0.25) is 0 Å². The van der Waals surface area contributed by atoms with Crippen LogP contribution in [-0.2, 0) is 5.41 Å². The van der Waals surface area contributed by atoms with Gasteiger partial charge in [0.1, 0.15) is 7.05 Å². The first-order chi connectivity index (χ1) is 21.0. The van der Waals surface area contributed by atoms with E-state index in [9.17, 15) is 9.90 Å². The molecule has 0 saturated carbocycles. The van der Waals surface area contributed by atoms with Gasteiger partial charge in [-0.05, 0) is 92.2 Å². The fraction of sp³-hybridized carbons (Fsp3) is 0.211. The predicted octanol–water partition coefficient (Wildman–Crippen LogP) is 8.26. The van der Waals surface area contributed by atoms with Crippen molar-refractivity contribution in [2.24, 2.45) is 0 Å². The van der Waals surface area contributed by atoms with Gasteiger partial charge in [0.2, 0.25) is 5.69 Å². The van der Waals surface area contributed by atoms with Crippen molar-refractivity contribution in [3.63, 3.8) is 0 Å². The number of allylic oxidation sites excluding steroid dienone is 3. The highest BCUT2D eigenvalue weighted by molar-refractivity contribution is 6.04. The Hall–Kier alpha value is -5.10. The van der Waals surface area contributed by atoms with E-state index in [0.29, 0.717) is 5.56 Å². The average Bonchev–Trinajstić information content (AvgIpc) is 3.20. The maximum atomic E-state index is 11.5. The molecule has 0 fully saturated rings. The second-order valence-electron chi connectivity index (χ2n) is 12.1. The van der Waals surface area contributed by atoms with Gasteiger partial charge < -0.3 is 19.8 Å². The molecule has 44 heavy (non-hydrogen) atoms. The number of hydrogen-bond donors (Lipinski definition) is 1. The Bertz CT molecular complexity index is 1690. The normalized spacial score (nSPS) is 13.9. The van der Waals surface area contributed by atoms with E-state index in [1.54, 1.807) is 12.1 Å². The van der Waals surface area contributed by atoms with Gasteiger partial charge in [-0.15, -0.1) is 0 Å². The first-order valence-corrected chi connectivity index (χ1v) is 14.8. The molecule has 4 aromatic carbocycles. The van der Waals surface area contributed by atoms with Gasteiger partial charge in [0.25, 0.3) is 0 Å². The lowest BCUT2D eigenvalue weighted by atomic mass is 9.81. The summed E-state index contributed by atoms with van der Waals surface area (Å²) in [7, 11) is 10.2. The SMILES string of the molecule is CN(C)c1ccc(N(c2ccc(/C=C/C=C/C3=[N+](C)c4ccc(C(=O)O)cc4C3(C)C)cc2)c2ccc(N(C)C)cc2)cc1. The number of fused-ring (bicyclic) bond motifs is 1. The van der Waals surface area contributed by atoms with Crippen molar-refractivity contribution in [1.82, 2.24) is 0 Å². The fourth-order valence-corrected chi connectivity index (χ4v) is 5.76. The van der Waals surface area contributed by atoms with Crippen molar-refractivity contribution in [2.75, 3.05) is 49.9 Å². The predicted molar refractivity (Wildman–Crippen MR) is 185 cm³/mol. The summed E-state index contributed by atoms with van der Waals surface area (Å²) in [6.07, 6.45) is 8.31. The molecule has 4 aromatic rings. The third-order valence-electron chi connectivity index (χ3n) is 8.33. The van der Waals surface area contributed by atoms with E-state index in [2.05, 4.69) is 158 Å². The number of carbonyl (C=O) groups is 1. The van der Waals surface area contributed by atoms with Gasteiger partial charge in [0.05, 0.1) is 11.0 Å². The standard InChI is InChI=1S/C38H40N4O2/c1-38(2)34-26-28(37(43)44)14-25-35(34)41(7)36(38)11-9-8-10-27-12-15-31(16-13-27)42(32-21-17-29(18-22-32)39(3)4)33-23-19-30(20-24-33)40(5)6/h8-26H,1-7H3/p+1. The first-order valence-electron chi connectivity index (χ1n) is 14.8. The maximum Gasteiger partial charge on any atom is 0.335 e. The molecule has 0 unspecified atom stereocenters. The van der Waals surface area contributed by atoms with E-state index in [1.807, 2.05) is 13.1 Å². The molecule has 0 atom stereocenters. The zero-order chi connectivity index (χ0) is 31.6. The Morgan fingerprint density at radius 1 is 0.682 bits per heavy atom. The molecule has 6 heteroatoms. The first kappa shape index (κ1) is 30.4. The van der Waals surface area contributed by atoms with Crippen LogP contribution in [0.4, 0.5) is 34.1 Å². The zero-order valence-corrected chi connectivity index (χ0v) is 26.6. The van der Waals surface area contributed by atoms with Crippen LogP contribution in [-0.4, -0.2) is 56.6 Å². The molecule has 0 spiro atoms. The van der Waals surface area contributed by atoms with Crippen LogP contribution >= 0.6 is 0 Å². The summed E-state index contributed by atoms with van der Waals surface area (Å²) in [5.41, 5.74) is 9.87. The molecular weight excluding hydrogens is 544 g/mol. The summed E-state index contributed by atoms with van der Waals surface area (Å²) in [6, 6.07) is 31.2. The molecular formula is C38H41N4O2+. The summed E-state index contributed by atoms with van der Waals surface area (Å²) in [5.74, 6) is -0.906. The summed E-state index contributed by atoms with van der Waals surface area (Å²) in [4.78, 5) is 18.0. The van der Waals surface area contributed by atoms with Gasteiger partial charge in [0, 0.05) is 74.3 Å². The molecule has 0 bridgehead atoms. The molecule has 1 aliphatic heterocycles. The van der Waals surface area contributed by atoms with Gasteiger partial charge in [-0.1, -0.05) is 30.4 Å². The van der Waals surface area contributed by atoms with E-state index < -0.39 is 5.97 Å². The monoisotopic (exact) mass is 585 g/mol. The van der Waals surface area contributed by atoms with Crippen molar-refractivity contribution in [1.29, 1.82) is 0 Å². The Kier molecular flexibility index (Phi) is 8.45. The minimum Gasteiger partial charge on any atom is -0.478 e. The largest absolute Gasteiger partial charge is 0.478 e. The number of hydrogen-bond acceptors (Lipinski definition) is 4. The minimum atomic E-state index is -0.906. The quantitative estimate of drug-likeness (QED) is 0.158. The third-order valence-corrected chi connectivity index (χ3v) is 8.33. The lowest BCUT2D eigenvalue weighted by Crippen LogP contribution is -2.26. The number of nitrogens with zero attached hydrogens (tertiary/aromatic N) is 4. The number of carboxylic acids is 1. The van der Waals surface area contributed by atoms with Gasteiger partial charge >= 0.3 is 5.97 Å². The smallest absolute Gasteiger partial charge is 0.335 e. The molecule has 0 aliphatic carbocycles. The van der Waals surface area contributed by atoms with Crippen molar-refractivity contribution in [3.05, 3.63) is 126 Å². The maximum absolute atomic E-state index is 11.5. The number of rotatable bonds is 9. The van der Waals surface area contributed by atoms with Gasteiger partial charge in [0.15, 0.2) is 5.71 Å². The summed E-state index contributed by atoms with van der Waals surface area (Å²) in [6.45, 7) is 4.27. The molecule has 0 saturated heterocycles. The summed E-state index contributed by atoms with van der Waals surface area (Å²) in [5, 5.41) is 9.47. The number of benzene rings is 4. The van der Waals surface area contributed by atoms with Crippen LogP contribution in [0.15, 0.2) is 109 Å². The summed E-state index contributed by atoms with van der Waals surface area (Å²) >= 11 is 0. The molecule has 0 amide bonds. The molecule has 224 valence electrons. The highest BCUT2D eigenvalue weighted by Crippen LogP contribution is 2.40. The Morgan fingerprint density at radius 2 is 1.14 bits per heavy atom. The second kappa shape index (κ2) is 12.3. The zero-order valence-electron chi connectivity index (χ0n) is 26.6. The van der Waals surface area contributed by atoms with Crippen LogP contribution in [0.3, 0.4) is 0 Å². The second-order valence-corrected chi connectivity index (χ2v) is 12.1. The molecule has 1 aliphatic rings. The molecule has 1 heterocycles. The van der Waals surface area contributed by atoms with E-state index in [-0.39, 0.29) is 5.41 Å². The molecule has 0 radical (unpaired) electrons. The molecule has 5 rings (SSSR count). The van der Waals surface area contributed by atoms with Crippen molar-refractivity contribution in [3.8, 4) is 0 Å². The number of anilines is 5. The van der Waals surface area contributed by atoms with Crippen molar-refractivity contribution < 1.29 is 14.5 Å². The van der Waals surface area contributed by atoms with Crippen LogP contribution in [0.1, 0.15) is 35.3 Å². The van der Waals surface area contributed by atoms with Crippen LogP contribution in [0.25, 0.3) is 6.08 Å². The lowest BCUT2D eigenvalue weighted by Gasteiger charge is -2.27. The Balaban J connectivity index is 1.37. The lowest BCUT2D eigenvalue weighted by molar-refractivity contribution is -0.401. The Morgan fingerprint density at radius 3 is 1.61 bits per heavy atom. The van der Waals surface area contributed by atoms with E-state index in [0.717, 1.165) is 51.0 Å². The summed E-state index contributed by atoms with van der Waals surface area (Å²) < 4.78 is 2.14. The van der Waals surface area contributed by atoms with Crippen LogP contribution in [0.5, 0.6) is 0 Å². The van der Waals surface area contributed by atoms with Gasteiger partial charge in [-0.2, -0.15) is 4.58 Å². The van der Waals surface area contributed by atoms with Gasteiger partial charge in [-0.3, -0.25) is 0 Å². The number of aromatic carboxylic acids is 1. The van der Waals surface area contributed by atoms with E-state index in [1.165, 1.54) is 0 Å². The minimum absolute atomic E-state index is 0.305. The third kappa shape index (κ3) is 6.02. The van der Waals surface area contributed by atoms with E-state index >= 15 is 0 Å². The highest BCUT2D eigenvalue weighted by Gasteiger charge is 2.43. The van der Waals surface area contributed by atoms with Crippen LogP contribution in [0, 0.1) is 0 Å². The Labute approximate surface area is 261 Å².